The van der Waals surface area contributed by atoms with Crippen LogP contribution < -0.4 is 10.6 Å². The quantitative estimate of drug-likeness (QED) is 0.565. The zero-order valence-corrected chi connectivity index (χ0v) is 18.4. The number of carbonyl (C=O) groups excluding carboxylic acids is 1. The van der Waals surface area contributed by atoms with Crippen LogP contribution in [0.4, 0.5) is 0 Å². The van der Waals surface area contributed by atoms with Gasteiger partial charge in [-0.05, 0) is 43.2 Å². The van der Waals surface area contributed by atoms with Crippen molar-refractivity contribution in [2.45, 2.75) is 39.1 Å². The zero-order valence-electron chi connectivity index (χ0n) is 17.7. The molecule has 0 aromatic heterocycles. The van der Waals surface area contributed by atoms with Crippen molar-refractivity contribution >= 4 is 23.5 Å². The fourth-order valence-electron chi connectivity index (χ4n) is 3.52. The van der Waals surface area contributed by atoms with Gasteiger partial charge >= 0.3 is 0 Å². The van der Waals surface area contributed by atoms with Crippen LogP contribution in [0.1, 0.15) is 35.3 Å². The first-order valence-corrected chi connectivity index (χ1v) is 10.6. The number of aliphatic imine (C=N–C) groups is 1. The summed E-state index contributed by atoms with van der Waals surface area (Å²) in [6, 6.07) is 15.4. The number of ether oxygens (including phenoxy) is 1. The molecule has 0 bridgehead atoms. The lowest BCUT2D eigenvalue weighted by molar-refractivity contribution is -0.0586. The van der Waals surface area contributed by atoms with Crippen molar-refractivity contribution < 1.29 is 9.53 Å². The average molecular weight is 429 g/mol. The second-order valence-corrected chi connectivity index (χ2v) is 7.94. The Morgan fingerprint density at radius 3 is 2.33 bits per heavy atom. The predicted octanol–water partition coefficient (Wildman–Crippen LogP) is 3.45. The predicted molar refractivity (Wildman–Crippen MR) is 121 cm³/mol. The third-order valence-corrected chi connectivity index (χ3v) is 5.36. The van der Waals surface area contributed by atoms with E-state index in [4.69, 9.17) is 16.3 Å². The van der Waals surface area contributed by atoms with E-state index < -0.39 is 0 Å². The van der Waals surface area contributed by atoms with E-state index in [9.17, 15) is 4.79 Å². The molecular weight excluding hydrogens is 400 g/mol. The molecule has 0 spiro atoms. The fourth-order valence-corrected chi connectivity index (χ4v) is 3.72. The lowest BCUT2D eigenvalue weighted by Gasteiger charge is -2.35. The normalized spacial score (nSPS) is 19.5. The van der Waals surface area contributed by atoms with Crippen LogP contribution in [0, 0.1) is 0 Å². The van der Waals surface area contributed by atoms with Crippen molar-refractivity contribution in [1.82, 2.24) is 15.5 Å². The monoisotopic (exact) mass is 428 g/mol. The standard InChI is InChI=1S/C23H29ClN4O2/c1-16-14-28(15-17(2)30-16)22(29)19-10-8-18(9-11-19)12-26-23(25-3)27-13-20-6-4-5-7-21(20)24/h4-11,16-17H,12-15H2,1-3H3,(H2,25,26,27). The van der Waals surface area contributed by atoms with Gasteiger partial charge in [-0.25, -0.2) is 0 Å². The lowest BCUT2D eigenvalue weighted by Crippen LogP contribution is -2.48. The molecule has 1 aliphatic rings. The maximum atomic E-state index is 12.8. The fraction of sp³-hybridized carbons (Fsp3) is 0.391. The van der Waals surface area contributed by atoms with Crippen molar-refractivity contribution in [3.63, 3.8) is 0 Å². The molecule has 0 saturated carbocycles. The van der Waals surface area contributed by atoms with Gasteiger partial charge in [-0.15, -0.1) is 0 Å². The lowest BCUT2D eigenvalue weighted by atomic mass is 10.1. The van der Waals surface area contributed by atoms with Gasteiger partial charge in [-0.1, -0.05) is 41.9 Å². The van der Waals surface area contributed by atoms with Gasteiger partial charge < -0.3 is 20.3 Å². The molecule has 1 heterocycles. The number of amides is 1. The first kappa shape index (κ1) is 22.1. The Morgan fingerprint density at radius 2 is 1.70 bits per heavy atom. The number of hydrogen-bond donors (Lipinski definition) is 2. The number of nitrogens with zero attached hydrogens (tertiary/aromatic N) is 2. The van der Waals surface area contributed by atoms with Crippen molar-refractivity contribution in [3.05, 3.63) is 70.2 Å². The van der Waals surface area contributed by atoms with E-state index in [-0.39, 0.29) is 18.1 Å². The van der Waals surface area contributed by atoms with Crippen LogP contribution in [0.15, 0.2) is 53.5 Å². The van der Waals surface area contributed by atoms with Crippen LogP contribution in [-0.2, 0) is 17.8 Å². The van der Waals surface area contributed by atoms with E-state index in [1.54, 1.807) is 7.05 Å². The van der Waals surface area contributed by atoms with Gasteiger partial charge in [-0.3, -0.25) is 9.79 Å². The first-order chi connectivity index (χ1) is 14.5. The number of benzene rings is 2. The summed E-state index contributed by atoms with van der Waals surface area (Å²) in [4.78, 5) is 18.9. The van der Waals surface area contributed by atoms with Crippen molar-refractivity contribution in [3.8, 4) is 0 Å². The zero-order chi connectivity index (χ0) is 21.5. The van der Waals surface area contributed by atoms with Crippen molar-refractivity contribution in [1.29, 1.82) is 0 Å². The summed E-state index contributed by atoms with van der Waals surface area (Å²) >= 11 is 6.20. The number of halogens is 1. The molecule has 30 heavy (non-hydrogen) atoms. The maximum Gasteiger partial charge on any atom is 0.254 e. The van der Waals surface area contributed by atoms with Crippen LogP contribution in [0.25, 0.3) is 0 Å². The Bertz CT molecular complexity index is 875. The number of morpholine rings is 1. The number of guanidine groups is 1. The van der Waals surface area contributed by atoms with E-state index >= 15 is 0 Å². The Balaban J connectivity index is 1.52. The minimum atomic E-state index is 0.0497. The highest BCUT2D eigenvalue weighted by Gasteiger charge is 2.26. The second-order valence-electron chi connectivity index (χ2n) is 7.54. The number of carbonyl (C=O) groups is 1. The Hall–Kier alpha value is -2.57. The van der Waals surface area contributed by atoms with Gasteiger partial charge in [0.25, 0.3) is 5.91 Å². The van der Waals surface area contributed by atoms with Gasteiger partial charge in [0.2, 0.25) is 0 Å². The van der Waals surface area contributed by atoms with Crippen molar-refractivity contribution in [2.24, 2.45) is 4.99 Å². The summed E-state index contributed by atoms with van der Waals surface area (Å²) in [6.07, 6.45) is 0.123. The van der Waals surface area contributed by atoms with Crippen LogP contribution in [0.3, 0.4) is 0 Å². The first-order valence-electron chi connectivity index (χ1n) is 10.2. The minimum absolute atomic E-state index is 0.0497. The van der Waals surface area contributed by atoms with E-state index in [1.807, 2.05) is 67.3 Å². The van der Waals surface area contributed by atoms with Crippen molar-refractivity contribution in [2.75, 3.05) is 20.1 Å². The van der Waals surface area contributed by atoms with Crippen LogP contribution in [0.2, 0.25) is 5.02 Å². The maximum absolute atomic E-state index is 12.8. The van der Waals surface area contributed by atoms with E-state index in [1.165, 1.54) is 0 Å². The molecule has 6 nitrogen and oxygen atoms in total. The number of hydrogen-bond acceptors (Lipinski definition) is 3. The van der Waals surface area contributed by atoms with E-state index in [0.29, 0.717) is 37.7 Å². The summed E-state index contributed by atoms with van der Waals surface area (Å²) < 4.78 is 5.71. The highest BCUT2D eigenvalue weighted by molar-refractivity contribution is 6.31. The van der Waals surface area contributed by atoms with Gasteiger partial charge in [0.05, 0.1) is 12.2 Å². The molecule has 2 aromatic carbocycles. The van der Waals surface area contributed by atoms with Gasteiger partial charge in [-0.2, -0.15) is 0 Å². The number of nitrogens with one attached hydrogen (secondary N) is 2. The molecule has 1 saturated heterocycles. The largest absolute Gasteiger partial charge is 0.372 e. The summed E-state index contributed by atoms with van der Waals surface area (Å²) in [7, 11) is 1.73. The average Bonchev–Trinajstić information content (AvgIpc) is 2.74. The molecular formula is C23H29ClN4O2. The molecule has 0 aliphatic carbocycles. The molecule has 3 rings (SSSR count). The van der Waals surface area contributed by atoms with Crippen LogP contribution in [0.5, 0.6) is 0 Å². The molecule has 7 heteroatoms. The number of rotatable bonds is 5. The van der Waals surface area contributed by atoms with E-state index in [2.05, 4.69) is 15.6 Å². The highest BCUT2D eigenvalue weighted by atomic mass is 35.5. The Labute approximate surface area is 183 Å². The van der Waals surface area contributed by atoms with Crippen LogP contribution >= 0.6 is 11.6 Å². The summed E-state index contributed by atoms with van der Waals surface area (Å²) in [5.74, 6) is 0.736. The summed E-state index contributed by atoms with van der Waals surface area (Å²) in [6.45, 7) is 6.43. The van der Waals surface area contributed by atoms with Gasteiger partial charge in [0.15, 0.2) is 5.96 Å². The molecule has 2 N–H and O–H groups in total. The molecule has 2 aromatic rings. The van der Waals surface area contributed by atoms with Gasteiger partial charge in [0, 0.05) is 43.8 Å². The topological polar surface area (TPSA) is 66.0 Å². The molecule has 160 valence electrons. The third kappa shape index (κ3) is 5.97. The van der Waals surface area contributed by atoms with E-state index in [0.717, 1.165) is 16.1 Å². The van der Waals surface area contributed by atoms with Gasteiger partial charge in [0.1, 0.15) is 0 Å². The minimum Gasteiger partial charge on any atom is -0.372 e. The van der Waals surface area contributed by atoms with Crippen LogP contribution in [-0.4, -0.2) is 49.1 Å². The highest BCUT2D eigenvalue weighted by Crippen LogP contribution is 2.16. The molecule has 1 fully saturated rings. The second kappa shape index (κ2) is 10.5. The molecule has 1 amide bonds. The molecule has 2 unspecified atom stereocenters. The Kier molecular flexibility index (Phi) is 7.71. The SMILES string of the molecule is CN=C(NCc1ccc(C(=O)N2CC(C)OC(C)C2)cc1)NCc1ccccc1Cl. The summed E-state index contributed by atoms with van der Waals surface area (Å²) in [5, 5.41) is 7.27. The summed E-state index contributed by atoms with van der Waals surface area (Å²) in [5.41, 5.74) is 2.77. The molecule has 2 atom stereocenters. The Morgan fingerprint density at radius 1 is 1.07 bits per heavy atom. The molecule has 1 aliphatic heterocycles. The molecule has 0 radical (unpaired) electrons. The smallest absolute Gasteiger partial charge is 0.254 e. The third-order valence-electron chi connectivity index (χ3n) is 5.00.